The van der Waals surface area contributed by atoms with Crippen molar-refractivity contribution in [2.24, 2.45) is 11.3 Å². The minimum absolute atomic E-state index is 0.0250. The Hall–Kier alpha value is -3.72. The Balaban J connectivity index is 1.26. The highest BCUT2D eigenvalue weighted by molar-refractivity contribution is 5.86. The Kier molecular flexibility index (Phi) is 9.00. The van der Waals surface area contributed by atoms with Crippen molar-refractivity contribution in [1.29, 1.82) is 0 Å². The fraction of sp³-hybridized carbons (Fsp3) is 0.556. The van der Waals surface area contributed by atoms with Crippen LogP contribution < -0.4 is 14.7 Å². The lowest BCUT2D eigenvalue weighted by molar-refractivity contribution is -0.136. The van der Waals surface area contributed by atoms with Crippen molar-refractivity contribution in [3.05, 3.63) is 58.7 Å². The van der Waals surface area contributed by atoms with Gasteiger partial charge >= 0.3 is 5.97 Å². The van der Waals surface area contributed by atoms with Gasteiger partial charge in [-0.2, -0.15) is 0 Å². The molecular formula is C36H48N6O3. The van der Waals surface area contributed by atoms with Crippen molar-refractivity contribution < 1.29 is 15.0 Å². The number of rotatable bonds is 8. The lowest BCUT2D eigenvalue weighted by atomic mass is 9.82. The zero-order valence-corrected chi connectivity index (χ0v) is 27.3. The number of benzene rings is 1. The number of hydrogen-bond acceptors (Lipinski definition) is 8. The number of pyridine rings is 1. The Morgan fingerprint density at radius 2 is 1.62 bits per heavy atom. The molecule has 2 fully saturated rings. The van der Waals surface area contributed by atoms with Gasteiger partial charge in [-0.05, 0) is 80.4 Å². The number of carboxylic acid groups (broad SMARTS) is 1. The molecule has 0 amide bonds. The van der Waals surface area contributed by atoms with Crippen LogP contribution in [0, 0.1) is 25.2 Å². The molecule has 240 valence electrons. The van der Waals surface area contributed by atoms with Gasteiger partial charge in [0, 0.05) is 74.5 Å². The number of aromatic nitrogens is 3. The molecule has 6 rings (SSSR count). The molecule has 0 unspecified atom stereocenters. The molecule has 0 atom stereocenters. The number of carbonyl (C=O) groups is 1. The third-order valence-corrected chi connectivity index (χ3v) is 10.4. The highest BCUT2D eigenvalue weighted by atomic mass is 16.4. The summed E-state index contributed by atoms with van der Waals surface area (Å²) in [5.41, 5.74) is 8.76. The maximum absolute atomic E-state index is 12.0. The van der Waals surface area contributed by atoms with E-state index in [9.17, 15) is 15.0 Å². The standard InChI is InChI=1S/C36H48N6O3/c1-24-30(20-33(44)45)35(41-16-11-36(3,4)12-17-41)34(25(2)39-24)28-5-6-29-22-42(15-9-27(29)19-28)32-21-31(37-23-38-32)40-13-7-26(8-14-40)10-18-43/h5-6,19,21,23,26,43H,7-18,20,22H2,1-4H3,(H,44,45). The van der Waals surface area contributed by atoms with Crippen LogP contribution in [0.15, 0.2) is 30.6 Å². The minimum atomic E-state index is -0.821. The number of anilines is 3. The van der Waals surface area contributed by atoms with Crippen LogP contribution in [-0.2, 0) is 24.2 Å². The average Bonchev–Trinajstić information content (AvgIpc) is 3.02. The van der Waals surface area contributed by atoms with Crippen molar-refractivity contribution in [3.63, 3.8) is 0 Å². The average molecular weight is 613 g/mol. The Bertz CT molecular complexity index is 1540. The number of nitrogens with zero attached hydrogens (tertiary/aromatic N) is 6. The van der Waals surface area contributed by atoms with Crippen LogP contribution in [0.4, 0.5) is 17.3 Å². The number of hydrogen-bond donors (Lipinski definition) is 2. The maximum atomic E-state index is 12.0. The molecule has 2 saturated heterocycles. The largest absolute Gasteiger partial charge is 0.481 e. The van der Waals surface area contributed by atoms with Crippen LogP contribution in [-0.4, -0.2) is 70.5 Å². The summed E-state index contributed by atoms with van der Waals surface area (Å²) in [4.78, 5) is 33.3. The van der Waals surface area contributed by atoms with Crippen molar-refractivity contribution in [2.75, 3.05) is 54.0 Å². The quantitative estimate of drug-likeness (QED) is 0.338. The van der Waals surface area contributed by atoms with E-state index in [2.05, 4.69) is 69.7 Å². The first kappa shape index (κ1) is 31.3. The van der Waals surface area contributed by atoms with E-state index in [-0.39, 0.29) is 13.0 Å². The third kappa shape index (κ3) is 6.78. The van der Waals surface area contributed by atoms with E-state index in [0.717, 1.165) is 123 Å². The summed E-state index contributed by atoms with van der Waals surface area (Å²) in [6, 6.07) is 8.88. The molecule has 0 bridgehead atoms. The van der Waals surface area contributed by atoms with Gasteiger partial charge in [-0.3, -0.25) is 9.78 Å². The Morgan fingerprint density at radius 3 is 2.31 bits per heavy atom. The Labute approximate surface area is 267 Å². The van der Waals surface area contributed by atoms with E-state index in [0.29, 0.717) is 11.3 Å². The molecule has 3 aliphatic heterocycles. The van der Waals surface area contributed by atoms with Crippen LogP contribution in [0.5, 0.6) is 0 Å². The molecule has 0 radical (unpaired) electrons. The zero-order valence-electron chi connectivity index (χ0n) is 27.3. The predicted octanol–water partition coefficient (Wildman–Crippen LogP) is 5.57. The Morgan fingerprint density at radius 1 is 0.911 bits per heavy atom. The van der Waals surface area contributed by atoms with Crippen LogP contribution in [0.3, 0.4) is 0 Å². The number of aryl methyl sites for hydroxylation is 2. The van der Waals surface area contributed by atoms with Crippen molar-refractivity contribution in [3.8, 4) is 11.1 Å². The number of aliphatic carboxylic acids is 1. The molecule has 3 aliphatic rings. The SMILES string of the molecule is Cc1nc(C)c(-c2ccc3c(c2)CCN(c2cc(N4CCC(CCO)CC4)ncn2)C3)c(N2CCC(C)(C)CC2)c1CC(=O)O. The first-order valence-electron chi connectivity index (χ1n) is 16.6. The molecule has 45 heavy (non-hydrogen) atoms. The fourth-order valence-electron chi connectivity index (χ4n) is 7.48. The van der Waals surface area contributed by atoms with Gasteiger partial charge in [0.25, 0.3) is 0 Å². The summed E-state index contributed by atoms with van der Waals surface area (Å²) in [5.74, 6) is 1.72. The van der Waals surface area contributed by atoms with Gasteiger partial charge in [0.05, 0.1) is 12.1 Å². The van der Waals surface area contributed by atoms with Crippen LogP contribution >= 0.6 is 0 Å². The van der Waals surface area contributed by atoms with Crippen LogP contribution in [0.1, 0.15) is 74.0 Å². The normalized spacial score (nSPS) is 18.6. The highest BCUT2D eigenvalue weighted by Crippen LogP contribution is 2.42. The first-order valence-corrected chi connectivity index (χ1v) is 16.6. The molecule has 9 heteroatoms. The van der Waals surface area contributed by atoms with Gasteiger partial charge < -0.3 is 24.9 Å². The molecule has 0 saturated carbocycles. The van der Waals surface area contributed by atoms with Gasteiger partial charge in [0.1, 0.15) is 18.0 Å². The van der Waals surface area contributed by atoms with Crippen molar-refractivity contribution in [2.45, 2.75) is 79.2 Å². The van der Waals surface area contributed by atoms with E-state index < -0.39 is 5.97 Å². The second-order valence-electron chi connectivity index (χ2n) is 14.0. The topological polar surface area (TPSA) is 106 Å². The van der Waals surface area contributed by atoms with Gasteiger partial charge in [0.2, 0.25) is 0 Å². The second-order valence-corrected chi connectivity index (χ2v) is 14.0. The summed E-state index contributed by atoms with van der Waals surface area (Å²) in [7, 11) is 0. The van der Waals surface area contributed by atoms with E-state index >= 15 is 0 Å². The van der Waals surface area contributed by atoms with E-state index in [1.54, 1.807) is 6.33 Å². The lowest BCUT2D eigenvalue weighted by Gasteiger charge is -2.40. The maximum Gasteiger partial charge on any atom is 0.307 e. The molecule has 2 N–H and O–H groups in total. The molecule has 0 aliphatic carbocycles. The van der Waals surface area contributed by atoms with Crippen LogP contribution in [0.2, 0.25) is 0 Å². The summed E-state index contributed by atoms with van der Waals surface area (Å²) in [5, 5.41) is 19.2. The molecule has 9 nitrogen and oxygen atoms in total. The van der Waals surface area contributed by atoms with Gasteiger partial charge in [0.15, 0.2) is 0 Å². The summed E-state index contributed by atoms with van der Waals surface area (Å²) in [6.07, 6.45) is 7.78. The monoisotopic (exact) mass is 612 g/mol. The number of aliphatic hydroxyl groups is 1. The number of piperidine rings is 2. The summed E-state index contributed by atoms with van der Waals surface area (Å²) >= 11 is 0. The highest BCUT2D eigenvalue weighted by Gasteiger charge is 2.31. The number of fused-ring (bicyclic) bond motifs is 1. The first-order chi connectivity index (χ1) is 21.6. The van der Waals surface area contributed by atoms with Gasteiger partial charge in [-0.25, -0.2) is 9.97 Å². The summed E-state index contributed by atoms with van der Waals surface area (Å²) < 4.78 is 0. The second kappa shape index (κ2) is 12.9. The number of aliphatic hydroxyl groups excluding tert-OH is 1. The van der Waals surface area contributed by atoms with Gasteiger partial charge in [-0.1, -0.05) is 32.0 Å². The van der Waals surface area contributed by atoms with E-state index in [4.69, 9.17) is 4.98 Å². The minimum Gasteiger partial charge on any atom is -0.481 e. The van der Waals surface area contributed by atoms with Crippen molar-refractivity contribution >= 4 is 23.3 Å². The molecule has 5 heterocycles. The molecular weight excluding hydrogens is 564 g/mol. The lowest BCUT2D eigenvalue weighted by Crippen LogP contribution is -2.38. The smallest absolute Gasteiger partial charge is 0.307 e. The van der Waals surface area contributed by atoms with Crippen LogP contribution in [0.25, 0.3) is 11.1 Å². The fourth-order valence-corrected chi connectivity index (χ4v) is 7.48. The molecule has 3 aromatic rings. The molecule has 0 spiro atoms. The molecule has 2 aromatic heterocycles. The van der Waals surface area contributed by atoms with E-state index in [1.807, 2.05) is 6.92 Å². The predicted molar refractivity (Wildman–Crippen MR) is 179 cm³/mol. The van der Waals surface area contributed by atoms with Gasteiger partial charge in [-0.15, -0.1) is 0 Å². The number of carboxylic acids is 1. The third-order valence-electron chi connectivity index (χ3n) is 10.4. The molecule has 1 aromatic carbocycles. The van der Waals surface area contributed by atoms with E-state index in [1.165, 1.54) is 11.1 Å². The zero-order chi connectivity index (χ0) is 31.7. The summed E-state index contributed by atoms with van der Waals surface area (Å²) in [6.45, 7) is 14.3. The van der Waals surface area contributed by atoms with Crippen molar-refractivity contribution in [1.82, 2.24) is 15.0 Å².